The number of pyridine rings is 1. The van der Waals surface area contributed by atoms with Crippen LogP contribution in [0.1, 0.15) is 24.8 Å². The summed E-state index contributed by atoms with van der Waals surface area (Å²) in [5.41, 5.74) is 3.13. The molecule has 1 aliphatic rings. The van der Waals surface area contributed by atoms with Gasteiger partial charge in [-0.3, -0.25) is 14.7 Å². The normalized spacial score (nSPS) is 16.8. The monoisotopic (exact) mass is 470 g/mol. The van der Waals surface area contributed by atoms with E-state index in [0.717, 1.165) is 67.1 Å². The number of carbonyl (C=O) groups excluding carboxylic acids is 1. The minimum Gasteiger partial charge on any atom is -0.384 e. The fourth-order valence-electron chi connectivity index (χ4n) is 4.20. The highest BCUT2D eigenvalue weighted by atomic mass is 35.5. The van der Waals surface area contributed by atoms with Gasteiger partial charge in [-0.1, -0.05) is 35.3 Å². The zero-order chi connectivity index (χ0) is 22.3. The van der Waals surface area contributed by atoms with E-state index in [1.807, 2.05) is 36.4 Å². The number of benzene rings is 2. The summed E-state index contributed by atoms with van der Waals surface area (Å²) in [5.74, 6) is 0.215. The van der Waals surface area contributed by atoms with Gasteiger partial charge in [0.1, 0.15) is 0 Å². The van der Waals surface area contributed by atoms with Gasteiger partial charge in [0.25, 0.3) is 0 Å². The van der Waals surface area contributed by atoms with Crippen molar-refractivity contribution in [3.05, 3.63) is 70.3 Å². The van der Waals surface area contributed by atoms with Crippen molar-refractivity contribution in [2.45, 2.75) is 25.8 Å². The molecule has 1 amide bonds. The summed E-state index contributed by atoms with van der Waals surface area (Å²) in [5, 5.41) is 9.04. The summed E-state index contributed by atoms with van der Waals surface area (Å²) in [7, 11) is 0. The Hall–Kier alpha value is -2.34. The summed E-state index contributed by atoms with van der Waals surface area (Å²) >= 11 is 12.0. The second-order valence-corrected chi connectivity index (χ2v) is 9.16. The number of halogens is 2. The maximum Gasteiger partial charge on any atom is 0.224 e. The van der Waals surface area contributed by atoms with E-state index in [4.69, 9.17) is 23.2 Å². The molecule has 0 unspecified atom stereocenters. The molecule has 168 valence electrons. The SMILES string of the molecule is O=C(NCCCNc1ccnc2cc(Cl)ccc12)[C@H]1CCCN(Cc2ccc(Cl)cc2)C1. The van der Waals surface area contributed by atoms with Crippen molar-refractivity contribution in [3.8, 4) is 0 Å². The molecule has 1 aliphatic heterocycles. The summed E-state index contributed by atoms with van der Waals surface area (Å²) in [6.07, 6.45) is 4.63. The number of nitrogens with zero attached hydrogens (tertiary/aromatic N) is 2. The average molecular weight is 471 g/mol. The third-order valence-corrected chi connectivity index (χ3v) is 6.36. The number of nitrogens with one attached hydrogen (secondary N) is 2. The van der Waals surface area contributed by atoms with E-state index >= 15 is 0 Å². The second-order valence-electron chi connectivity index (χ2n) is 8.29. The third-order valence-electron chi connectivity index (χ3n) is 5.87. The van der Waals surface area contributed by atoms with E-state index in [9.17, 15) is 4.79 Å². The van der Waals surface area contributed by atoms with E-state index in [-0.39, 0.29) is 11.8 Å². The zero-order valence-electron chi connectivity index (χ0n) is 18.0. The van der Waals surface area contributed by atoms with Crippen molar-refractivity contribution < 1.29 is 4.79 Å². The molecule has 2 heterocycles. The number of hydrogen-bond donors (Lipinski definition) is 2. The molecule has 0 bridgehead atoms. The van der Waals surface area contributed by atoms with Gasteiger partial charge < -0.3 is 10.6 Å². The minimum absolute atomic E-state index is 0.0536. The number of hydrogen-bond acceptors (Lipinski definition) is 4. The average Bonchev–Trinajstić information content (AvgIpc) is 2.80. The molecular weight excluding hydrogens is 443 g/mol. The first-order valence-corrected chi connectivity index (χ1v) is 11.9. The number of fused-ring (bicyclic) bond motifs is 1. The molecule has 1 saturated heterocycles. The molecule has 32 heavy (non-hydrogen) atoms. The smallest absolute Gasteiger partial charge is 0.224 e. The molecule has 2 aromatic carbocycles. The zero-order valence-corrected chi connectivity index (χ0v) is 19.5. The van der Waals surface area contributed by atoms with Crippen molar-refractivity contribution in [1.82, 2.24) is 15.2 Å². The maximum atomic E-state index is 12.7. The van der Waals surface area contributed by atoms with Gasteiger partial charge in [0, 0.05) is 53.5 Å². The van der Waals surface area contributed by atoms with Crippen LogP contribution in [0.4, 0.5) is 5.69 Å². The lowest BCUT2D eigenvalue weighted by atomic mass is 9.96. The Kier molecular flexibility index (Phi) is 7.85. The molecule has 4 rings (SSSR count). The van der Waals surface area contributed by atoms with E-state index in [2.05, 4.69) is 32.7 Å². The second kappa shape index (κ2) is 11.0. The van der Waals surface area contributed by atoms with Crippen LogP contribution in [0.15, 0.2) is 54.7 Å². The first-order valence-electron chi connectivity index (χ1n) is 11.1. The molecule has 1 fully saturated rings. The largest absolute Gasteiger partial charge is 0.384 e. The molecule has 2 N–H and O–H groups in total. The van der Waals surface area contributed by atoms with Gasteiger partial charge in [-0.15, -0.1) is 0 Å². The van der Waals surface area contributed by atoms with E-state index in [0.29, 0.717) is 11.6 Å². The number of amides is 1. The van der Waals surface area contributed by atoms with Crippen LogP contribution < -0.4 is 10.6 Å². The van der Waals surface area contributed by atoms with Crippen molar-refractivity contribution in [3.63, 3.8) is 0 Å². The van der Waals surface area contributed by atoms with Gasteiger partial charge in [0.05, 0.1) is 11.4 Å². The molecule has 1 atom stereocenters. The van der Waals surface area contributed by atoms with E-state index < -0.39 is 0 Å². The van der Waals surface area contributed by atoms with Crippen molar-refractivity contribution in [1.29, 1.82) is 0 Å². The van der Waals surface area contributed by atoms with Crippen LogP contribution in [0.3, 0.4) is 0 Å². The fourth-order valence-corrected chi connectivity index (χ4v) is 4.50. The Morgan fingerprint density at radius 2 is 1.88 bits per heavy atom. The summed E-state index contributed by atoms with van der Waals surface area (Å²) in [6, 6.07) is 15.6. The van der Waals surface area contributed by atoms with Gasteiger partial charge in [0.15, 0.2) is 0 Å². The molecule has 3 aromatic rings. The highest BCUT2D eigenvalue weighted by Gasteiger charge is 2.25. The van der Waals surface area contributed by atoms with Crippen LogP contribution in [-0.4, -0.2) is 42.0 Å². The molecule has 0 aliphatic carbocycles. The van der Waals surface area contributed by atoms with Gasteiger partial charge in [-0.25, -0.2) is 0 Å². The number of anilines is 1. The highest BCUT2D eigenvalue weighted by molar-refractivity contribution is 6.31. The quantitative estimate of drug-likeness (QED) is 0.434. The Balaban J connectivity index is 1.20. The Labute approximate surface area is 199 Å². The number of likely N-dealkylation sites (tertiary alicyclic amines) is 1. The predicted octanol–water partition coefficient (Wildman–Crippen LogP) is 5.37. The first kappa shape index (κ1) is 22.8. The molecule has 0 saturated carbocycles. The molecular formula is C25H28Cl2N4O. The number of aromatic nitrogens is 1. The summed E-state index contributed by atoms with van der Waals surface area (Å²) in [6.45, 7) is 4.12. The van der Waals surface area contributed by atoms with Crippen LogP contribution in [0.2, 0.25) is 10.0 Å². The first-order chi connectivity index (χ1) is 15.6. The minimum atomic E-state index is 0.0536. The number of rotatable bonds is 8. The van der Waals surface area contributed by atoms with Crippen LogP contribution in [-0.2, 0) is 11.3 Å². The van der Waals surface area contributed by atoms with Crippen molar-refractivity contribution >= 4 is 45.7 Å². The number of piperidine rings is 1. The standard InChI is InChI=1S/C25H28Cl2N4O/c26-20-6-4-18(5-7-20)16-31-14-1-3-19(17-31)25(32)30-12-2-11-28-23-10-13-29-24-15-21(27)8-9-22(23)24/h4-10,13,15,19H,1-3,11-12,14,16-17H2,(H,28,29)(H,30,32)/t19-/m0/s1. The molecule has 0 spiro atoms. The van der Waals surface area contributed by atoms with E-state index in [1.54, 1.807) is 6.20 Å². The maximum absolute atomic E-state index is 12.7. The molecule has 5 nitrogen and oxygen atoms in total. The Bertz CT molecular complexity index is 1060. The third kappa shape index (κ3) is 6.12. The van der Waals surface area contributed by atoms with Gasteiger partial charge in [-0.05, 0) is 67.8 Å². The topological polar surface area (TPSA) is 57.3 Å². The summed E-state index contributed by atoms with van der Waals surface area (Å²) in [4.78, 5) is 19.4. The number of carbonyl (C=O) groups is 1. The lowest BCUT2D eigenvalue weighted by molar-refractivity contribution is -0.126. The molecule has 7 heteroatoms. The summed E-state index contributed by atoms with van der Waals surface area (Å²) < 4.78 is 0. The van der Waals surface area contributed by atoms with Crippen LogP contribution >= 0.6 is 23.2 Å². The van der Waals surface area contributed by atoms with Crippen LogP contribution in [0.25, 0.3) is 10.9 Å². The Morgan fingerprint density at radius 3 is 2.72 bits per heavy atom. The highest BCUT2D eigenvalue weighted by Crippen LogP contribution is 2.24. The van der Waals surface area contributed by atoms with E-state index in [1.165, 1.54) is 5.56 Å². The van der Waals surface area contributed by atoms with Gasteiger partial charge >= 0.3 is 0 Å². The molecule has 1 aromatic heterocycles. The predicted molar refractivity (Wildman–Crippen MR) is 132 cm³/mol. The Morgan fingerprint density at radius 1 is 1.06 bits per heavy atom. The lowest BCUT2D eigenvalue weighted by Gasteiger charge is -2.32. The molecule has 0 radical (unpaired) electrons. The van der Waals surface area contributed by atoms with Gasteiger partial charge in [0.2, 0.25) is 5.91 Å². The fraction of sp³-hybridized carbons (Fsp3) is 0.360. The van der Waals surface area contributed by atoms with Crippen LogP contribution in [0, 0.1) is 5.92 Å². The lowest BCUT2D eigenvalue weighted by Crippen LogP contribution is -2.43. The van der Waals surface area contributed by atoms with Gasteiger partial charge in [-0.2, -0.15) is 0 Å². The van der Waals surface area contributed by atoms with Crippen molar-refractivity contribution in [2.24, 2.45) is 5.92 Å². The van der Waals surface area contributed by atoms with Crippen LogP contribution in [0.5, 0.6) is 0 Å². The van der Waals surface area contributed by atoms with Crippen molar-refractivity contribution in [2.75, 3.05) is 31.5 Å².